The maximum absolute atomic E-state index is 11.9. The van der Waals surface area contributed by atoms with Gasteiger partial charge in [0, 0.05) is 25.0 Å². The maximum Gasteiger partial charge on any atom is 0.356 e. The van der Waals surface area contributed by atoms with Crippen molar-refractivity contribution in [3.05, 3.63) is 51.1 Å². The molecule has 0 atom stereocenters. The fourth-order valence-corrected chi connectivity index (χ4v) is 1.97. The highest BCUT2D eigenvalue weighted by molar-refractivity contribution is 5.87. The Labute approximate surface area is 120 Å². The van der Waals surface area contributed by atoms with Crippen molar-refractivity contribution in [2.24, 2.45) is 7.05 Å². The number of nitrogens with zero attached hydrogens (tertiary/aromatic N) is 4. The largest absolute Gasteiger partial charge is 0.454 e. The van der Waals surface area contributed by atoms with Gasteiger partial charge in [0.25, 0.3) is 5.69 Å². The van der Waals surface area contributed by atoms with Gasteiger partial charge in [-0.15, -0.1) is 0 Å². The zero-order valence-electron chi connectivity index (χ0n) is 11.9. The van der Waals surface area contributed by atoms with Crippen molar-refractivity contribution in [2.45, 2.75) is 20.5 Å². The highest BCUT2D eigenvalue weighted by Gasteiger charge is 2.20. The molecule has 0 aliphatic heterocycles. The number of ether oxygens (including phenoxy) is 1. The number of aromatic nitrogens is 3. The molecule has 2 rings (SSSR count). The molecular weight excluding hydrogens is 276 g/mol. The lowest BCUT2D eigenvalue weighted by molar-refractivity contribution is -0.386. The van der Waals surface area contributed by atoms with E-state index >= 15 is 0 Å². The number of rotatable bonds is 4. The Morgan fingerprint density at radius 1 is 1.48 bits per heavy atom. The Bertz CT molecular complexity index is 708. The molecule has 0 bridgehead atoms. The van der Waals surface area contributed by atoms with Crippen LogP contribution in [0.1, 0.15) is 27.3 Å². The summed E-state index contributed by atoms with van der Waals surface area (Å²) in [6, 6.07) is 1.53. The molecule has 8 heteroatoms. The lowest BCUT2D eigenvalue weighted by Gasteiger charge is -2.08. The third kappa shape index (κ3) is 2.88. The smallest absolute Gasteiger partial charge is 0.356 e. The van der Waals surface area contributed by atoms with Crippen molar-refractivity contribution >= 4 is 11.7 Å². The second-order valence-corrected chi connectivity index (χ2v) is 4.53. The molecule has 0 saturated carbocycles. The summed E-state index contributed by atoms with van der Waals surface area (Å²) in [4.78, 5) is 26.5. The number of hydrogen-bond donors (Lipinski definition) is 0. The molecule has 0 amide bonds. The Hall–Kier alpha value is -2.77. The molecule has 0 unspecified atom stereocenters. The number of esters is 1. The zero-order valence-corrected chi connectivity index (χ0v) is 11.9. The van der Waals surface area contributed by atoms with Crippen LogP contribution in [0.4, 0.5) is 5.69 Å². The molecular formula is C13H14N4O4. The van der Waals surface area contributed by atoms with E-state index in [2.05, 4.69) is 10.1 Å². The van der Waals surface area contributed by atoms with Gasteiger partial charge in [0.15, 0.2) is 0 Å². The number of pyridine rings is 1. The highest BCUT2D eigenvalue weighted by Crippen LogP contribution is 2.24. The molecule has 21 heavy (non-hydrogen) atoms. The van der Waals surface area contributed by atoms with Gasteiger partial charge in [-0.25, -0.2) is 4.79 Å². The van der Waals surface area contributed by atoms with Gasteiger partial charge in [-0.3, -0.25) is 19.8 Å². The minimum Gasteiger partial charge on any atom is -0.454 e. The van der Waals surface area contributed by atoms with Gasteiger partial charge in [0.1, 0.15) is 12.3 Å². The average Bonchev–Trinajstić information content (AvgIpc) is 2.83. The summed E-state index contributed by atoms with van der Waals surface area (Å²) < 4.78 is 6.51. The van der Waals surface area contributed by atoms with Crippen LogP contribution in [0.25, 0.3) is 0 Å². The van der Waals surface area contributed by atoms with E-state index in [1.165, 1.54) is 23.1 Å². The molecule has 8 nitrogen and oxygen atoms in total. The molecule has 0 aromatic carbocycles. The predicted molar refractivity (Wildman–Crippen MR) is 72.7 cm³/mol. The van der Waals surface area contributed by atoms with E-state index in [0.717, 1.165) is 0 Å². The van der Waals surface area contributed by atoms with Crippen molar-refractivity contribution in [1.29, 1.82) is 0 Å². The predicted octanol–water partition coefficient (Wildman–Crippen LogP) is 1.70. The molecule has 0 fully saturated rings. The summed E-state index contributed by atoms with van der Waals surface area (Å²) in [5.41, 5.74) is 1.53. The van der Waals surface area contributed by atoms with Crippen LogP contribution in [0.2, 0.25) is 0 Å². The van der Waals surface area contributed by atoms with E-state index in [1.807, 2.05) is 0 Å². The second kappa shape index (κ2) is 5.70. The molecule has 2 heterocycles. The van der Waals surface area contributed by atoms with Crippen molar-refractivity contribution in [2.75, 3.05) is 0 Å². The van der Waals surface area contributed by atoms with Crippen molar-refractivity contribution in [3.63, 3.8) is 0 Å². The van der Waals surface area contributed by atoms with Gasteiger partial charge < -0.3 is 4.74 Å². The Morgan fingerprint density at radius 3 is 2.76 bits per heavy atom. The number of nitro groups is 1. The van der Waals surface area contributed by atoms with E-state index in [1.54, 1.807) is 20.9 Å². The molecule has 0 saturated heterocycles. The van der Waals surface area contributed by atoms with E-state index in [0.29, 0.717) is 22.5 Å². The van der Waals surface area contributed by atoms with E-state index < -0.39 is 10.9 Å². The first-order chi connectivity index (χ1) is 9.91. The Kier molecular flexibility index (Phi) is 3.97. The molecule has 0 spiro atoms. The molecule has 0 N–H and O–H groups in total. The van der Waals surface area contributed by atoms with E-state index in [9.17, 15) is 14.9 Å². The lowest BCUT2D eigenvalue weighted by atomic mass is 10.1. The van der Waals surface area contributed by atoms with Crippen molar-refractivity contribution < 1.29 is 14.5 Å². The summed E-state index contributed by atoms with van der Waals surface area (Å²) in [6.45, 7) is 3.08. The van der Waals surface area contributed by atoms with Gasteiger partial charge >= 0.3 is 5.97 Å². The molecule has 110 valence electrons. The summed E-state index contributed by atoms with van der Waals surface area (Å²) in [6.07, 6.45) is 2.88. The molecule has 2 aromatic rings. The average molecular weight is 290 g/mol. The van der Waals surface area contributed by atoms with Crippen LogP contribution < -0.4 is 0 Å². The molecule has 0 radical (unpaired) electrons. The quantitative estimate of drug-likeness (QED) is 0.482. The fourth-order valence-electron chi connectivity index (χ4n) is 1.97. The molecule has 0 aliphatic rings. The number of carbonyl (C=O) groups excluding carboxylic acids is 1. The summed E-state index contributed by atoms with van der Waals surface area (Å²) in [5.74, 6) is -0.556. The second-order valence-electron chi connectivity index (χ2n) is 4.53. The van der Waals surface area contributed by atoms with Crippen LogP contribution in [-0.2, 0) is 18.4 Å². The summed E-state index contributed by atoms with van der Waals surface area (Å²) >= 11 is 0. The standard InChI is InChI=1S/C13H14N4O4/c1-8-6-14-10(9(2)12(8)17(19)20)7-21-13(18)11-4-5-15-16(11)3/h4-6H,7H2,1-3H3. The zero-order chi connectivity index (χ0) is 15.6. The van der Waals surface area contributed by atoms with Gasteiger partial charge in [-0.05, 0) is 19.9 Å². The maximum atomic E-state index is 11.9. The first kappa shape index (κ1) is 14.6. The van der Waals surface area contributed by atoms with Crippen LogP contribution in [0.15, 0.2) is 18.5 Å². The first-order valence-corrected chi connectivity index (χ1v) is 6.16. The van der Waals surface area contributed by atoms with Gasteiger partial charge in [-0.2, -0.15) is 5.10 Å². The topological polar surface area (TPSA) is 100 Å². The highest BCUT2D eigenvalue weighted by atomic mass is 16.6. The van der Waals surface area contributed by atoms with Crippen LogP contribution in [-0.4, -0.2) is 25.7 Å². The van der Waals surface area contributed by atoms with Crippen molar-refractivity contribution in [1.82, 2.24) is 14.8 Å². The third-order valence-electron chi connectivity index (χ3n) is 3.13. The summed E-state index contributed by atoms with van der Waals surface area (Å²) in [5, 5.41) is 14.9. The lowest BCUT2D eigenvalue weighted by Crippen LogP contribution is -2.12. The van der Waals surface area contributed by atoms with Gasteiger partial charge in [0.05, 0.1) is 16.2 Å². The molecule has 2 aromatic heterocycles. The van der Waals surface area contributed by atoms with Crippen LogP contribution >= 0.6 is 0 Å². The Morgan fingerprint density at radius 2 is 2.19 bits per heavy atom. The van der Waals surface area contributed by atoms with Gasteiger partial charge in [-0.1, -0.05) is 0 Å². The van der Waals surface area contributed by atoms with Crippen LogP contribution in [0.5, 0.6) is 0 Å². The Balaban J connectivity index is 2.18. The number of hydrogen-bond acceptors (Lipinski definition) is 6. The first-order valence-electron chi connectivity index (χ1n) is 6.16. The van der Waals surface area contributed by atoms with Gasteiger partial charge in [0.2, 0.25) is 0 Å². The number of carbonyl (C=O) groups is 1. The monoisotopic (exact) mass is 290 g/mol. The SMILES string of the molecule is Cc1cnc(COC(=O)c2ccnn2C)c(C)c1[N+](=O)[O-]. The van der Waals surface area contributed by atoms with Crippen molar-refractivity contribution in [3.8, 4) is 0 Å². The normalized spacial score (nSPS) is 10.4. The van der Waals surface area contributed by atoms with Crippen LogP contribution in [0.3, 0.4) is 0 Å². The number of aryl methyl sites for hydroxylation is 2. The minimum atomic E-state index is -0.556. The third-order valence-corrected chi connectivity index (χ3v) is 3.13. The van der Waals surface area contributed by atoms with Crippen LogP contribution in [0, 0.1) is 24.0 Å². The van der Waals surface area contributed by atoms with E-state index in [-0.39, 0.29) is 12.3 Å². The summed E-state index contributed by atoms with van der Waals surface area (Å²) in [7, 11) is 1.62. The van der Waals surface area contributed by atoms with E-state index in [4.69, 9.17) is 4.74 Å². The fraction of sp³-hybridized carbons (Fsp3) is 0.308. The minimum absolute atomic E-state index is 0.00316. The molecule has 0 aliphatic carbocycles.